The van der Waals surface area contributed by atoms with Crippen molar-refractivity contribution in [1.82, 2.24) is 10.3 Å². The highest BCUT2D eigenvalue weighted by molar-refractivity contribution is 5.77. The Morgan fingerprint density at radius 2 is 1.69 bits per heavy atom. The molecule has 1 heterocycles. The Hall–Kier alpha value is -3.41. The zero-order valence-corrected chi connectivity index (χ0v) is 13.9. The molecule has 0 fully saturated rings. The molecular formula is C20H17FN2O3. The quantitative estimate of drug-likeness (QED) is 0.704. The van der Waals surface area contributed by atoms with Gasteiger partial charge in [-0.15, -0.1) is 0 Å². The van der Waals surface area contributed by atoms with Gasteiger partial charge in [0.05, 0.1) is 0 Å². The van der Waals surface area contributed by atoms with E-state index in [1.54, 1.807) is 48.7 Å². The number of carbonyl (C=O) groups excluding carboxylic acids is 1. The Balaban J connectivity index is 1.44. The number of nitrogens with one attached hydrogen (secondary N) is 1. The summed E-state index contributed by atoms with van der Waals surface area (Å²) in [4.78, 5) is 15.9. The molecule has 1 amide bonds. The number of halogens is 1. The second kappa shape index (κ2) is 8.62. The number of pyridine rings is 1. The lowest BCUT2D eigenvalue weighted by molar-refractivity contribution is -0.123. The van der Waals surface area contributed by atoms with E-state index < -0.39 is 0 Å². The molecule has 0 bridgehead atoms. The molecule has 0 unspecified atom stereocenters. The van der Waals surface area contributed by atoms with E-state index in [2.05, 4.69) is 10.3 Å². The predicted molar refractivity (Wildman–Crippen MR) is 94.5 cm³/mol. The van der Waals surface area contributed by atoms with Crippen LogP contribution < -0.4 is 14.8 Å². The lowest BCUT2D eigenvalue weighted by Gasteiger charge is -2.09. The largest absolute Gasteiger partial charge is 0.484 e. The van der Waals surface area contributed by atoms with Crippen molar-refractivity contribution in [3.8, 4) is 17.4 Å². The summed E-state index contributed by atoms with van der Waals surface area (Å²) in [5.41, 5.74) is 0.816. The fourth-order valence-electron chi connectivity index (χ4n) is 2.13. The van der Waals surface area contributed by atoms with Gasteiger partial charge >= 0.3 is 0 Å². The van der Waals surface area contributed by atoms with E-state index in [9.17, 15) is 9.18 Å². The number of aromatic nitrogens is 1. The minimum Gasteiger partial charge on any atom is -0.484 e. The van der Waals surface area contributed by atoms with Gasteiger partial charge in [-0.1, -0.05) is 18.2 Å². The molecule has 0 atom stereocenters. The lowest BCUT2D eigenvalue weighted by atomic mass is 10.2. The van der Waals surface area contributed by atoms with Gasteiger partial charge in [-0.2, -0.15) is 0 Å². The smallest absolute Gasteiger partial charge is 0.258 e. The van der Waals surface area contributed by atoms with Crippen LogP contribution in [-0.4, -0.2) is 17.5 Å². The fourth-order valence-corrected chi connectivity index (χ4v) is 2.13. The summed E-state index contributed by atoms with van der Waals surface area (Å²) in [6, 6.07) is 18.3. The molecule has 3 aromatic rings. The van der Waals surface area contributed by atoms with Crippen LogP contribution in [0, 0.1) is 5.82 Å². The number of rotatable bonds is 7. The van der Waals surface area contributed by atoms with Crippen molar-refractivity contribution >= 4 is 5.91 Å². The maximum Gasteiger partial charge on any atom is 0.258 e. The van der Waals surface area contributed by atoms with Crippen molar-refractivity contribution in [3.63, 3.8) is 0 Å². The second-order valence-corrected chi connectivity index (χ2v) is 5.43. The third-order valence-corrected chi connectivity index (χ3v) is 3.46. The average molecular weight is 352 g/mol. The zero-order chi connectivity index (χ0) is 18.2. The molecule has 132 valence electrons. The Bertz CT molecular complexity index is 837. The van der Waals surface area contributed by atoms with E-state index in [4.69, 9.17) is 9.47 Å². The molecule has 1 N–H and O–H groups in total. The van der Waals surface area contributed by atoms with Crippen LogP contribution in [0.25, 0.3) is 0 Å². The first-order valence-electron chi connectivity index (χ1n) is 8.02. The number of carbonyl (C=O) groups is 1. The van der Waals surface area contributed by atoms with Crippen LogP contribution in [0.5, 0.6) is 17.4 Å². The minimum atomic E-state index is -0.307. The number of hydrogen-bond donors (Lipinski definition) is 1. The maximum absolute atomic E-state index is 12.8. The summed E-state index contributed by atoms with van der Waals surface area (Å²) < 4.78 is 23.8. The summed E-state index contributed by atoms with van der Waals surface area (Å²) in [5, 5.41) is 2.71. The number of hydrogen-bond acceptors (Lipinski definition) is 4. The Morgan fingerprint density at radius 3 is 2.38 bits per heavy atom. The summed E-state index contributed by atoms with van der Waals surface area (Å²) >= 11 is 0. The molecular weight excluding hydrogens is 335 g/mol. The van der Waals surface area contributed by atoms with E-state index in [-0.39, 0.29) is 18.3 Å². The molecule has 6 heteroatoms. The van der Waals surface area contributed by atoms with Crippen LogP contribution in [0.4, 0.5) is 4.39 Å². The molecule has 0 aliphatic heterocycles. The van der Waals surface area contributed by atoms with Crippen LogP contribution in [0.3, 0.4) is 0 Å². The molecule has 0 saturated carbocycles. The summed E-state index contributed by atoms with van der Waals surface area (Å²) in [6.07, 6.45) is 1.65. The average Bonchev–Trinajstić information content (AvgIpc) is 2.68. The van der Waals surface area contributed by atoms with E-state index in [1.807, 2.05) is 12.1 Å². The van der Waals surface area contributed by atoms with Crippen LogP contribution >= 0.6 is 0 Å². The number of amides is 1. The summed E-state index contributed by atoms with van der Waals surface area (Å²) in [5.74, 6) is 1.11. The molecule has 2 aromatic carbocycles. The first-order chi connectivity index (χ1) is 12.7. The van der Waals surface area contributed by atoms with Gasteiger partial charge in [0, 0.05) is 18.8 Å². The van der Waals surface area contributed by atoms with Crippen LogP contribution in [0.15, 0.2) is 72.9 Å². The molecule has 0 aliphatic carbocycles. The third kappa shape index (κ3) is 5.31. The summed E-state index contributed by atoms with van der Waals surface area (Å²) in [7, 11) is 0. The molecule has 0 saturated heterocycles. The highest BCUT2D eigenvalue weighted by atomic mass is 19.1. The topological polar surface area (TPSA) is 60.5 Å². The SMILES string of the molecule is O=C(COc1ccc(Oc2ccccn2)cc1)NCc1ccc(F)cc1. The zero-order valence-electron chi connectivity index (χ0n) is 13.9. The van der Waals surface area contributed by atoms with Crippen molar-refractivity contribution in [2.75, 3.05) is 6.61 Å². The normalized spacial score (nSPS) is 10.2. The first-order valence-corrected chi connectivity index (χ1v) is 8.02. The van der Waals surface area contributed by atoms with E-state index in [0.717, 1.165) is 5.56 Å². The Labute approximate surface area is 150 Å². The van der Waals surface area contributed by atoms with Gasteiger partial charge in [0.2, 0.25) is 5.88 Å². The van der Waals surface area contributed by atoms with Gasteiger partial charge in [-0.3, -0.25) is 4.79 Å². The first kappa shape index (κ1) is 17.4. The molecule has 0 spiro atoms. The van der Waals surface area contributed by atoms with E-state index in [1.165, 1.54) is 12.1 Å². The summed E-state index contributed by atoms with van der Waals surface area (Å²) in [6.45, 7) is 0.209. The maximum atomic E-state index is 12.8. The van der Waals surface area contributed by atoms with E-state index in [0.29, 0.717) is 23.9 Å². The van der Waals surface area contributed by atoms with Crippen LogP contribution in [-0.2, 0) is 11.3 Å². The van der Waals surface area contributed by atoms with Gasteiger partial charge in [0.25, 0.3) is 5.91 Å². The van der Waals surface area contributed by atoms with Crippen LogP contribution in [0.1, 0.15) is 5.56 Å². The van der Waals surface area contributed by atoms with Crippen LogP contribution in [0.2, 0.25) is 0 Å². The van der Waals surface area contributed by atoms with Crippen molar-refractivity contribution in [1.29, 1.82) is 0 Å². The van der Waals surface area contributed by atoms with Crippen molar-refractivity contribution in [2.45, 2.75) is 6.54 Å². The Kier molecular flexibility index (Phi) is 5.77. The fraction of sp³-hybridized carbons (Fsp3) is 0.100. The van der Waals surface area contributed by atoms with Crippen molar-refractivity contribution in [3.05, 3.63) is 84.3 Å². The highest BCUT2D eigenvalue weighted by Gasteiger charge is 2.04. The number of nitrogens with zero attached hydrogens (tertiary/aromatic N) is 1. The van der Waals surface area contributed by atoms with Crippen molar-refractivity contribution in [2.24, 2.45) is 0 Å². The van der Waals surface area contributed by atoms with Gasteiger partial charge in [0.15, 0.2) is 6.61 Å². The molecule has 3 rings (SSSR count). The van der Waals surface area contributed by atoms with Gasteiger partial charge in [0.1, 0.15) is 17.3 Å². The van der Waals surface area contributed by atoms with Gasteiger partial charge in [-0.05, 0) is 48.0 Å². The monoisotopic (exact) mass is 352 g/mol. The third-order valence-electron chi connectivity index (χ3n) is 3.46. The van der Waals surface area contributed by atoms with Gasteiger partial charge in [-0.25, -0.2) is 9.37 Å². The number of benzene rings is 2. The molecule has 5 nitrogen and oxygen atoms in total. The molecule has 0 radical (unpaired) electrons. The highest BCUT2D eigenvalue weighted by Crippen LogP contribution is 2.22. The minimum absolute atomic E-state index is 0.109. The van der Waals surface area contributed by atoms with Gasteiger partial charge < -0.3 is 14.8 Å². The Morgan fingerprint density at radius 1 is 0.962 bits per heavy atom. The second-order valence-electron chi connectivity index (χ2n) is 5.43. The van der Waals surface area contributed by atoms with E-state index >= 15 is 0 Å². The molecule has 1 aromatic heterocycles. The number of ether oxygens (including phenoxy) is 2. The standard InChI is InChI=1S/C20H17FN2O3/c21-16-6-4-15(5-7-16)13-23-19(24)14-25-17-8-10-18(11-9-17)26-20-3-1-2-12-22-20/h1-12H,13-14H2,(H,23,24). The lowest BCUT2D eigenvalue weighted by Crippen LogP contribution is -2.28. The molecule has 0 aliphatic rings. The molecule has 26 heavy (non-hydrogen) atoms. The predicted octanol–water partition coefficient (Wildman–Crippen LogP) is 3.71. The van der Waals surface area contributed by atoms with Crippen molar-refractivity contribution < 1.29 is 18.7 Å².